The Bertz CT molecular complexity index is 719. The van der Waals surface area contributed by atoms with Gasteiger partial charge < -0.3 is 14.9 Å². The zero-order valence-electron chi connectivity index (χ0n) is 12.7. The van der Waals surface area contributed by atoms with Crippen LogP contribution in [-0.4, -0.2) is 30.8 Å². The molecule has 0 saturated carbocycles. The summed E-state index contributed by atoms with van der Waals surface area (Å²) >= 11 is 5.83. The third-order valence-electron chi connectivity index (χ3n) is 2.96. The lowest BCUT2D eigenvalue weighted by atomic mass is 10.0. The summed E-state index contributed by atoms with van der Waals surface area (Å²) in [6, 6.07) is 12.4. The molecule has 0 unspecified atom stereocenters. The van der Waals surface area contributed by atoms with E-state index in [1.165, 1.54) is 14.2 Å². The van der Waals surface area contributed by atoms with Crippen molar-refractivity contribution < 1.29 is 14.4 Å². The van der Waals surface area contributed by atoms with Gasteiger partial charge in [0.05, 0.1) is 0 Å². The summed E-state index contributed by atoms with van der Waals surface area (Å²) in [4.78, 5) is 20.8. The lowest BCUT2D eigenvalue weighted by Gasteiger charge is -2.11. The maximum Gasteiger partial charge on any atom is 0.273 e. The van der Waals surface area contributed by atoms with Crippen molar-refractivity contribution >= 4 is 23.2 Å². The second-order valence-corrected chi connectivity index (χ2v) is 4.83. The summed E-state index contributed by atoms with van der Waals surface area (Å²) in [6.45, 7) is 0.212. The average Bonchev–Trinajstić information content (AvgIpc) is 2.58. The van der Waals surface area contributed by atoms with Gasteiger partial charge in [0, 0.05) is 18.7 Å². The van der Waals surface area contributed by atoms with Crippen molar-refractivity contribution in [3.63, 3.8) is 0 Å². The van der Waals surface area contributed by atoms with E-state index in [1.807, 2.05) is 18.2 Å². The van der Waals surface area contributed by atoms with E-state index in [4.69, 9.17) is 21.2 Å². The monoisotopic (exact) mass is 333 g/mol. The van der Waals surface area contributed by atoms with E-state index in [9.17, 15) is 4.79 Å². The molecule has 0 spiro atoms. The topological polar surface area (TPSA) is 72.8 Å². The van der Waals surface area contributed by atoms with E-state index < -0.39 is 0 Å². The molecular weight excluding hydrogens is 318 g/mol. The molecule has 6 nitrogen and oxygen atoms in total. The van der Waals surface area contributed by atoms with Crippen molar-refractivity contribution in [2.45, 2.75) is 6.61 Å². The quantitative estimate of drug-likeness (QED) is 0.500. The number of nitrogens with zero attached hydrogens (tertiary/aromatic N) is 2. The number of aromatic nitrogens is 1. The molecule has 1 heterocycles. The van der Waals surface area contributed by atoms with Gasteiger partial charge in [-0.05, 0) is 11.6 Å². The third kappa shape index (κ3) is 4.43. The van der Waals surface area contributed by atoms with Crippen LogP contribution in [0.2, 0.25) is 5.15 Å². The predicted octanol–water partition coefficient (Wildman–Crippen LogP) is 2.41. The highest BCUT2D eigenvalue weighted by atomic mass is 35.5. The summed E-state index contributed by atoms with van der Waals surface area (Å²) in [7, 11) is 2.92. The second kappa shape index (κ2) is 8.14. The molecule has 0 bridgehead atoms. The van der Waals surface area contributed by atoms with Crippen LogP contribution in [0.1, 0.15) is 11.1 Å². The smallest absolute Gasteiger partial charge is 0.273 e. The van der Waals surface area contributed by atoms with Crippen LogP contribution < -0.4 is 10.1 Å². The van der Waals surface area contributed by atoms with E-state index in [0.29, 0.717) is 16.6 Å². The fourth-order valence-electron chi connectivity index (χ4n) is 1.92. The normalized spacial score (nSPS) is 11.0. The average molecular weight is 334 g/mol. The molecule has 0 aliphatic rings. The molecule has 23 heavy (non-hydrogen) atoms. The number of oxime groups is 1. The standard InChI is InChI=1S/C16H16ClN3O3/c1-18-16(21)15(20-22-2)12-7-4-3-6-11(12)10-23-14-9-5-8-13(17)19-14/h3-9H,10H2,1-2H3,(H,18,21). The van der Waals surface area contributed by atoms with Gasteiger partial charge in [-0.2, -0.15) is 0 Å². The number of pyridine rings is 1. The van der Waals surface area contributed by atoms with Crippen molar-refractivity contribution in [3.8, 4) is 5.88 Å². The van der Waals surface area contributed by atoms with Gasteiger partial charge in [-0.1, -0.05) is 47.1 Å². The van der Waals surface area contributed by atoms with Crippen molar-refractivity contribution in [1.82, 2.24) is 10.3 Å². The van der Waals surface area contributed by atoms with Crippen molar-refractivity contribution in [2.24, 2.45) is 5.16 Å². The summed E-state index contributed by atoms with van der Waals surface area (Å²) in [5, 5.41) is 6.69. The van der Waals surface area contributed by atoms with Gasteiger partial charge in [0.1, 0.15) is 18.9 Å². The molecule has 120 valence electrons. The summed E-state index contributed by atoms with van der Waals surface area (Å²) < 4.78 is 5.63. The molecule has 0 aliphatic heterocycles. The number of nitrogens with one attached hydrogen (secondary N) is 1. The van der Waals surface area contributed by atoms with Crippen LogP contribution in [0.4, 0.5) is 0 Å². The number of hydrogen-bond donors (Lipinski definition) is 1. The van der Waals surface area contributed by atoms with Crippen LogP contribution in [0.25, 0.3) is 0 Å². The number of halogens is 1. The number of ether oxygens (including phenoxy) is 1. The van der Waals surface area contributed by atoms with Crippen LogP contribution in [0.15, 0.2) is 47.6 Å². The first kappa shape index (κ1) is 16.8. The van der Waals surface area contributed by atoms with Gasteiger partial charge in [-0.25, -0.2) is 4.98 Å². The molecule has 0 fully saturated rings. The maximum atomic E-state index is 12.0. The van der Waals surface area contributed by atoms with Crippen molar-refractivity contribution in [2.75, 3.05) is 14.2 Å². The first-order chi connectivity index (χ1) is 11.2. The molecule has 1 aromatic carbocycles. The maximum absolute atomic E-state index is 12.0. The number of carbonyl (C=O) groups is 1. The zero-order valence-corrected chi connectivity index (χ0v) is 13.5. The lowest BCUT2D eigenvalue weighted by Crippen LogP contribution is -2.29. The van der Waals surface area contributed by atoms with Crippen LogP contribution in [0, 0.1) is 0 Å². The van der Waals surface area contributed by atoms with E-state index in [-0.39, 0.29) is 18.2 Å². The summed E-state index contributed by atoms with van der Waals surface area (Å²) in [5.41, 5.74) is 1.57. The number of carbonyl (C=O) groups excluding carboxylic acids is 1. The number of benzene rings is 1. The van der Waals surface area contributed by atoms with Crippen molar-refractivity contribution in [1.29, 1.82) is 0 Å². The van der Waals surface area contributed by atoms with E-state index >= 15 is 0 Å². The highest BCUT2D eigenvalue weighted by Gasteiger charge is 2.17. The number of rotatable bonds is 6. The Morgan fingerprint density at radius 3 is 2.74 bits per heavy atom. The molecule has 0 atom stereocenters. The lowest BCUT2D eigenvalue weighted by molar-refractivity contribution is -0.114. The molecule has 1 amide bonds. The molecule has 0 aliphatic carbocycles. The van der Waals surface area contributed by atoms with Gasteiger partial charge in [-0.3, -0.25) is 4.79 Å². The van der Waals surface area contributed by atoms with Crippen LogP contribution in [0.3, 0.4) is 0 Å². The number of amides is 1. The zero-order chi connectivity index (χ0) is 16.7. The van der Waals surface area contributed by atoms with Gasteiger partial charge in [0.2, 0.25) is 5.88 Å². The first-order valence-corrected chi connectivity index (χ1v) is 7.20. The highest BCUT2D eigenvalue weighted by Crippen LogP contribution is 2.16. The first-order valence-electron chi connectivity index (χ1n) is 6.82. The van der Waals surface area contributed by atoms with E-state index in [2.05, 4.69) is 15.5 Å². The minimum absolute atomic E-state index is 0.174. The van der Waals surface area contributed by atoms with Crippen molar-refractivity contribution in [3.05, 3.63) is 58.7 Å². The minimum Gasteiger partial charge on any atom is -0.473 e. The van der Waals surface area contributed by atoms with E-state index in [0.717, 1.165) is 5.56 Å². The van der Waals surface area contributed by atoms with E-state index in [1.54, 1.807) is 24.3 Å². The third-order valence-corrected chi connectivity index (χ3v) is 3.17. The number of hydrogen-bond acceptors (Lipinski definition) is 5. The predicted molar refractivity (Wildman–Crippen MR) is 87.6 cm³/mol. The molecular formula is C16H16ClN3O3. The molecule has 2 aromatic rings. The Hall–Kier alpha value is -2.60. The Balaban J connectivity index is 2.26. The molecule has 2 rings (SSSR count). The Kier molecular flexibility index (Phi) is 5.94. The van der Waals surface area contributed by atoms with Gasteiger partial charge >= 0.3 is 0 Å². The molecule has 0 saturated heterocycles. The molecule has 0 radical (unpaired) electrons. The Morgan fingerprint density at radius 1 is 1.26 bits per heavy atom. The molecule has 1 N–H and O–H groups in total. The van der Waals surface area contributed by atoms with Gasteiger partial charge in [0.15, 0.2) is 5.71 Å². The highest BCUT2D eigenvalue weighted by molar-refractivity contribution is 6.45. The molecule has 1 aromatic heterocycles. The Labute approximate surface area is 139 Å². The minimum atomic E-state index is -0.347. The van der Waals surface area contributed by atoms with Crippen LogP contribution in [-0.2, 0) is 16.2 Å². The number of likely N-dealkylation sites (N-methyl/N-ethyl adjacent to an activating group) is 1. The summed E-state index contributed by atoms with van der Waals surface area (Å²) in [5.74, 6) is 0.0534. The molecule has 7 heteroatoms. The largest absolute Gasteiger partial charge is 0.473 e. The Morgan fingerprint density at radius 2 is 2.04 bits per heavy atom. The second-order valence-electron chi connectivity index (χ2n) is 4.45. The summed E-state index contributed by atoms with van der Waals surface area (Å²) in [6.07, 6.45) is 0. The van der Waals surface area contributed by atoms with Gasteiger partial charge in [-0.15, -0.1) is 0 Å². The SMILES string of the molecule is CNC(=O)C(=NOC)c1ccccc1COc1cccc(Cl)n1. The fraction of sp³-hybridized carbons (Fsp3) is 0.188. The van der Waals surface area contributed by atoms with Crippen LogP contribution in [0.5, 0.6) is 5.88 Å². The van der Waals surface area contributed by atoms with Gasteiger partial charge in [0.25, 0.3) is 5.91 Å². The van der Waals surface area contributed by atoms with Crippen LogP contribution >= 0.6 is 11.6 Å². The fourth-order valence-corrected chi connectivity index (χ4v) is 2.08.